The highest BCUT2D eigenvalue weighted by molar-refractivity contribution is 5.05. The molecule has 1 heterocycles. The molecule has 0 atom stereocenters. The van der Waals surface area contributed by atoms with E-state index in [4.69, 9.17) is 5.11 Å². The standard InChI is InChI=1S/C8H18N2O3/c1-7(2)8(3,4)10(13)6(5-11)9(7)12/h6,11-13H,5H2,1-4H3. The summed E-state index contributed by atoms with van der Waals surface area (Å²) in [6.45, 7) is 6.94. The molecule has 1 aliphatic rings. The van der Waals surface area contributed by atoms with E-state index in [1.165, 1.54) is 0 Å². The average molecular weight is 190 g/mol. The maximum absolute atomic E-state index is 9.69. The molecule has 0 aromatic heterocycles. The summed E-state index contributed by atoms with van der Waals surface area (Å²) in [5.74, 6) is 0. The fraction of sp³-hybridized carbons (Fsp3) is 1.00. The Bertz CT molecular complexity index is 186. The third kappa shape index (κ3) is 1.19. The molecule has 5 heteroatoms. The molecule has 0 spiro atoms. The van der Waals surface area contributed by atoms with E-state index in [0.717, 1.165) is 10.1 Å². The lowest BCUT2D eigenvalue weighted by atomic mass is 9.84. The molecule has 0 aromatic carbocycles. The Morgan fingerprint density at radius 2 is 1.31 bits per heavy atom. The van der Waals surface area contributed by atoms with Gasteiger partial charge in [0.25, 0.3) is 0 Å². The number of aliphatic hydroxyl groups excluding tert-OH is 1. The van der Waals surface area contributed by atoms with Crippen LogP contribution in [0.1, 0.15) is 27.7 Å². The van der Waals surface area contributed by atoms with Gasteiger partial charge in [0, 0.05) is 0 Å². The van der Waals surface area contributed by atoms with Crippen LogP contribution in [0.4, 0.5) is 0 Å². The van der Waals surface area contributed by atoms with Crippen molar-refractivity contribution in [3.05, 3.63) is 0 Å². The van der Waals surface area contributed by atoms with E-state index in [1.807, 2.05) is 27.7 Å². The summed E-state index contributed by atoms with van der Waals surface area (Å²) in [4.78, 5) is 0. The fourth-order valence-electron chi connectivity index (χ4n) is 1.56. The highest BCUT2D eigenvalue weighted by Crippen LogP contribution is 2.40. The first-order valence-electron chi connectivity index (χ1n) is 4.34. The number of aliphatic hydroxyl groups is 1. The Labute approximate surface area is 78.1 Å². The highest BCUT2D eigenvalue weighted by atomic mass is 16.6. The van der Waals surface area contributed by atoms with Crippen LogP contribution in [0.3, 0.4) is 0 Å². The van der Waals surface area contributed by atoms with Crippen LogP contribution in [0.15, 0.2) is 0 Å². The second kappa shape index (κ2) is 2.90. The predicted molar refractivity (Wildman–Crippen MR) is 46.3 cm³/mol. The van der Waals surface area contributed by atoms with Gasteiger partial charge >= 0.3 is 0 Å². The van der Waals surface area contributed by atoms with E-state index in [-0.39, 0.29) is 6.61 Å². The van der Waals surface area contributed by atoms with Gasteiger partial charge in [-0.15, -0.1) is 0 Å². The smallest absolute Gasteiger partial charge is 0.134 e. The third-order valence-electron chi connectivity index (χ3n) is 3.37. The molecule has 1 fully saturated rings. The van der Waals surface area contributed by atoms with Crippen LogP contribution in [-0.4, -0.2) is 49.5 Å². The summed E-state index contributed by atoms with van der Waals surface area (Å²) in [5, 5.41) is 30.3. The zero-order chi connectivity index (χ0) is 10.4. The van der Waals surface area contributed by atoms with Crippen LogP contribution < -0.4 is 0 Å². The first-order chi connectivity index (χ1) is 5.76. The minimum absolute atomic E-state index is 0.306. The van der Waals surface area contributed by atoms with Crippen molar-refractivity contribution in [2.24, 2.45) is 0 Å². The van der Waals surface area contributed by atoms with Crippen molar-refractivity contribution in [2.75, 3.05) is 6.61 Å². The zero-order valence-corrected chi connectivity index (χ0v) is 8.52. The SMILES string of the molecule is CC1(C)N(O)C(CO)N(O)C1(C)C. The molecule has 0 aliphatic carbocycles. The molecule has 3 N–H and O–H groups in total. The van der Waals surface area contributed by atoms with Gasteiger partial charge in [-0.05, 0) is 27.7 Å². The lowest BCUT2D eigenvalue weighted by Crippen LogP contribution is -2.52. The fourth-order valence-corrected chi connectivity index (χ4v) is 1.56. The number of nitrogens with zero attached hydrogens (tertiary/aromatic N) is 2. The molecule has 0 amide bonds. The summed E-state index contributed by atoms with van der Waals surface area (Å²) in [7, 11) is 0. The Kier molecular flexibility index (Phi) is 2.42. The zero-order valence-electron chi connectivity index (χ0n) is 8.52. The first kappa shape index (κ1) is 10.9. The van der Waals surface area contributed by atoms with Crippen LogP contribution in [0, 0.1) is 0 Å². The Balaban J connectivity index is 3.04. The van der Waals surface area contributed by atoms with Gasteiger partial charge in [0.1, 0.15) is 6.17 Å². The van der Waals surface area contributed by atoms with Gasteiger partial charge in [-0.25, -0.2) is 0 Å². The molecule has 0 radical (unpaired) electrons. The van der Waals surface area contributed by atoms with Crippen LogP contribution in [0.5, 0.6) is 0 Å². The Morgan fingerprint density at radius 3 is 1.46 bits per heavy atom. The quantitative estimate of drug-likeness (QED) is 0.553. The van der Waals surface area contributed by atoms with Crippen LogP contribution in [0.2, 0.25) is 0 Å². The summed E-state index contributed by atoms with van der Waals surface area (Å²) in [6, 6.07) is 0. The van der Waals surface area contributed by atoms with E-state index < -0.39 is 17.2 Å². The molecule has 5 nitrogen and oxygen atoms in total. The largest absolute Gasteiger partial charge is 0.393 e. The van der Waals surface area contributed by atoms with E-state index in [0.29, 0.717) is 0 Å². The van der Waals surface area contributed by atoms with Gasteiger partial charge in [0.15, 0.2) is 0 Å². The lowest BCUT2D eigenvalue weighted by molar-refractivity contribution is -0.229. The first-order valence-corrected chi connectivity index (χ1v) is 4.34. The molecule has 13 heavy (non-hydrogen) atoms. The minimum Gasteiger partial charge on any atom is -0.393 e. The van der Waals surface area contributed by atoms with Gasteiger partial charge in [0.05, 0.1) is 17.7 Å². The molecule has 0 bridgehead atoms. The molecule has 1 rings (SSSR count). The summed E-state index contributed by atoms with van der Waals surface area (Å²) < 4.78 is 0. The highest BCUT2D eigenvalue weighted by Gasteiger charge is 2.57. The van der Waals surface area contributed by atoms with Gasteiger partial charge in [-0.3, -0.25) is 0 Å². The molecule has 1 aliphatic heterocycles. The number of hydroxylamine groups is 4. The van der Waals surface area contributed by atoms with Crippen LogP contribution in [0.25, 0.3) is 0 Å². The normalized spacial score (nSPS) is 29.8. The van der Waals surface area contributed by atoms with Crippen molar-refractivity contribution in [2.45, 2.75) is 44.9 Å². The van der Waals surface area contributed by atoms with Gasteiger partial charge in [-0.2, -0.15) is 10.1 Å². The van der Waals surface area contributed by atoms with E-state index in [1.54, 1.807) is 0 Å². The molecule has 1 saturated heterocycles. The minimum atomic E-state index is -0.745. The van der Waals surface area contributed by atoms with E-state index in [9.17, 15) is 10.4 Å². The molecular formula is C8H18N2O3. The molecule has 0 unspecified atom stereocenters. The van der Waals surface area contributed by atoms with Crippen molar-refractivity contribution >= 4 is 0 Å². The number of rotatable bonds is 1. The Hall–Kier alpha value is -0.200. The maximum atomic E-state index is 9.69. The number of hydrogen-bond donors (Lipinski definition) is 3. The monoisotopic (exact) mass is 190 g/mol. The van der Waals surface area contributed by atoms with E-state index in [2.05, 4.69) is 0 Å². The van der Waals surface area contributed by atoms with Crippen LogP contribution >= 0.6 is 0 Å². The topological polar surface area (TPSA) is 67.2 Å². The van der Waals surface area contributed by atoms with Crippen molar-refractivity contribution < 1.29 is 15.5 Å². The maximum Gasteiger partial charge on any atom is 0.134 e. The van der Waals surface area contributed by atoms with Crippen molar-refractivity contribution in [3.8, 4) is 0 Å². The molecule has 78 valence electrons. The van der Waals surface area contributed by atoms with E-state index >= 15 is 0 Å². The van der Waals surface area contributed by atoms with Gasteiger partial charge in [0.2, 0.25) is 0 Å². The second-order valence-corrected chi connectivity index (χ2v) is 4.47. The summed E-state index contributed by atoms with van der Waals surface area (Å²) in [6.07, 6.45) is -0.745. The number of hydrogen-bond acceptors (Lipinski definition) is 5. The van der Waals surface area contributed by atoms with Crippen molar-refractivity contribution in [1.82, 2.24) is 10.1 Å². The second-order valence-electron chi connectivity index (χ2n) is 4.47. The average Bonchev–Trinajstić information content (AvgIpc) is 2.13. The Morgan fingerprint density at radius 1 is 1.00 bits per heavy atom. The predicted octanol–water partition coefficient (Wildman–Crippen LogP) is 0.258. The summed E-state index contributed by atoms with van der Waals surface area (Å²) in [5.41, 5.74) is -1.20. The van der Waals surface area contributed by atoms with Gasteiger partial charge < -0.3 is 15.5 Å². The van der Waals surface area contributed by atoms with Crippen molar-refractivity contribution in [3.63, 3.8) is 0 Å². The third-order valence-corrected chi connectivity index (χ3v) is 3.37. The van der Waals surface area contributed by atoms with Crippen LogP contribution in [-0.2, 0) is 0 Å². The van der Waals surface area contributed by atoms with Crippen molar-refractivity contribution in [1.29, 1.82) is 0 Å². The molecular weight excluding hydrogens is 172 g/mol. The molecule has 0 saturated carbocycles. The molecule has 0 aromatic rings. The summed E-state index contributed by atoms with van der Waals surface area (Å²) >= 11 is 0. The lowest BCUT2D eigenvalue weighted by Gasteiger charge is -2.37. The van der Waals surface area contributed by atoms with Gasteiger partial charge in [-0.1, -0.05) is 0 Å².